The number of allylic oxidation sites excluding steroid dienone is 2. The molecule has 0 aromatic heterocycles. The van der Waals surface area contributed by atoms with E-state index in [2.05, 4.69) is 17.1 Å². The number of nitrogen functional groups attached to an aromatic ring is 1. The fourth-order valence-corrected chi connectivity index (χ4v) is 1.61. The molecule has 20 heavy (non-hydrogen) atoms. The number of hydrazone groups is 1. The molecule has 7 nitrogen and oxygen atoms in total. The molecule has 0 aliphatic rings. The number of anilines is 1. The van der Waals surface area contributed by atoms with E-state index in [1.165, 1.54) is 6.26 Å². The summed E-state index contributed by atoms with van der Waals surface area (Å²) in [6.45, 7) is 5.22. The second-order valence-electron chi connectivity index (χ2n) is 3.74. The summed E-state index contributed by atoms with van der Waals surface area (Å²) in [6, 6.07) is 4.99. The van der Waals surface area contributed by atoms with Crippen molar-refractivity contribution in [2.24, 2.45) is 16.8 Å². The molecule has 0 saturated carbocycles. The quantitative estimate of drug-likeness (QED) is 0.135. The van der Waals surface area contributed by atoms with Crippen LogP contribution in [-0.2, 0) is 4.74 Å². The predicted octanol–water partition coefficient (Wildman–Crippen LogP) is 0.784. The Labute approximate surface area is 117 Å². The Morgan fingerprint density at radius 3 is 2.70 bits per heavy atom. The Morgan fingerprint density at radius 2 is 2.20 bits per heavy atom. The van der Waals surface area contributed by atoms with Crippen LogP contribution in [0.1, 0.15) is 18.1 Å². The first kappa shape index (κ1) is 15.3. The minimum atomic E-state index is 0.125. The molecule has 0 radical (unpaired) electrons. The van der Waals surface area contributed by atoms with Crippen LogP contribution < -0.4 is 22.8 Å². The molecule has 0 unspecified atom stereocenters. The number of hydrogen-bond donors (Lipinski definition) is 5. The number of benzene rings is 1. The molecule has 106 valence electrons. The lowest BCUT2D eigenvalue weighted by Gasteiger charge is -2.12. The van der Waals surface area contributed by atoms with Gasteiger partial charge in [0.25, 0.3) is 0 Å². The van der Waals surface area contributed by atoms with Gasteiger partial charge in [-0.25, -0.2) is 5.84 Å². The molecule has 0 amide bonds. The molecule has 0 heterocycles. The van der Waals surface area contributed by atoms with Crippen LogP contribution >= 0.6 is 0 Å². The van der Waals surface area contributed by atoms with E-state index in [4.69, 9.17) is 27.6 Å². The Balaban J connectivity index is 3.27. The van der Waals surface area contributed by atoms with Crippen molar-refractivity contribution < 1.29 is 4.74 Å². The van der Waals surface area contributed by atoms with Gasteiger partial charge in [-0.15, -0.1) is 0 Å². The van der Waals surface area contributed by atoms with Crippen molar-refractivity contribution in [3.05, 3.63) is 54.0 Å². The highest BCUT2D eigenvalue weighted by molar-refractivity contribution is 6.13. The summed E-state index contributed by atoms with van der Waals surface area (Å²) < 4.78 is 5.16. The Hall–Kier alpha value is -2.80. The van der Waals surface area contributed by atoms with Gasteiger partial charge in [0.2, 0.25) is 0 Å². The minimum Gasteiger partial charge on any atom is -0.464 e. The van der Waals surface area contributed by atoms with Gasteiger partial charge in [-0.2, -0.15) is 5.10 Å². The maximum absolute atomic E-state index is 8.14. The van der Waals surface area contributed by atoms with Crippen LogP contribution in [0.4, 0.5) is 5.69 Å². The smallest absolute Gasteiger partial charge is 0.166 e. The van der Waals surface area contributed by atoms with Gasteiger partial charge in [0.05, 0.1) is 6.26 Å². The fourth-order valence-electron chi connectivity index (χ4n) is 1.61. The van der Waals surface area contributed by atoms with Crippen molar-refractivity contribution in [3.63, 3.8) is 0 Å². The number of ether oxygens (including phenoxy) is 1. The molecular weight excluding hydrogens is 256 g/mol. The van der Waals surface area contributed by atoms with Crippen LogP contribution in [0.15, 0.2) is 48.0 Å². The van der Waals surface area contributed by atoms with Crippen molar-refractivity contribution in [1.82, 2.24) is 5.43 Å². The first-order valence-electron chi connectivity index (χ1n) is 5.76. The van der Waals surface area contributed by atoms with E-state index in [1.807, 2.05) is 0 Å². The second kappa shape index (κ2) is 6.95. The lowest BCUT2D eigenvalue weighted by atomic mass is 10.0. The molecule has 1 aromatic rings. The second-order valence-corrected chi connectivity index (χ2v) is 3.74. The third-order valence-electron chi connectivity index (χ3n) is 2.58. The Morgan fingerprint density at radius 1 is 1.50 bits per heavy atom. The number of rotatable bonds is 5. The van der Waals surface area contributed by atoms with Crippen LogP contribution in [-0.4, -0.2) is 11.5 Å². The van der Waals surface area contributed by atoms with Crippen LogP contribution in [0, 0.1) is 5.41 Å². The highest BCUT2D eigenvalue weighted by Crippen LogP contribution is 2.19. The van der Waals surface area contributed by atoms with Gasteiger partial charge in [0.1, 0.15) is 11.5 Å². The van der Waals surface area contributed by atoms with Crippen LogP contribution in [0.2, 0.25) is 0 Å². The highest BCUT2D eigenvalue weighted by atomic mass is 16.5. The van der Waals surface area contributed by atoms with Gasteiger partial charge in [-0.3, -0.25) is 5.41 Å². The van der Waals surface area contributed by atoms with Crippen LogP contribution in [0.5, 0.6) is 0 Å². The first-order chi connectivity index (χ1) is 9.58. The first-order valence-corrected chi connectivity index (χ1v) is 5.76. The summed E-state index contributed by atoms with van der Waals surface area (Å²) in [4.78, 5) is 0. The fraction of sp³-hybridized carbons (Fsp3) is 0.0769. The van der Waals surface area contributed by atoms with E-state index in [1.54, 1.807) is 31.2 Å². The largest absolute Gasteiger partial charge is 0.464 e. The van der Waals surface area contributed by atoms with E-state index in [0.717, 1.165) is 0 Å². The van der Waals surface area contributed by atoms with E-state index in [0.29, 0.717) is 22.6 Å². The molecule has 1 aromatic carbocycles. The summed E-state index contributed by atoms with van der Waals surface area (Å²) in [5, 5.41) is 11.7. The lowest BCUT2D eigenvalue weighted by Crippen LogP contribution is -2.32. The molecular formula is C13H18N6O. The van der Waals surface area contributed by atoms with Crippen molar-refractivity contribution in [1.29, 1.82) is 5.41 Å². The van der Waals surface area contributed by atoms with Gasteiger partial charge >= 0.3 is 0 Å². The Kier molecular flexibility index (Phi) is 5.31. The monoisotopic (exact) mass is 274 g/mol. The van der Waals surface area contributed by atoms with Crippen molar-refractivity contribution in [2.45, 2.75) is 6.92 Å². The summed E-state index contributed by atoms with van der Waals surface area (Å²) >= 11 is 0. The average molecular weight is 274 g/mol. The van der Waals surface area contributed by atoms with Crippen molar-refractivity contribution >= 4 is 17.2 Å². The normalized spacial score (nSPS) is 11.9. The molecule has 7 heteroatoms. The summed E-state index contributed by atoms with van der Waals surface area (Å²) in [5.41, 5.74) is 9.91. The number of nitrogens with one attached hydrogen (secondary N) is 2. The zero-order valence-corrected chi connectivity index (χ0v) is 11.2. The van der Waals surface area contributed by atoms with Crippen LogP contribution in [0.25, 0.3) is 0 Å². The minimum absolute atomic E-state index is 0.125. The molecule has 0 spiro atoms. The Bertz CT molecular complexity index is 576. The third kappa shape index (κ3) is 3.15. The van der Waals surface area contributed by atoms with Gasteiger partial charge in [-0.1, -0.05) is 6.58 Å². The molecule has 0 bridgehead atoms. The topological polar surface area (TPSA) is 136 Å². The maximum Gasteiger partial charge on any atom is 0.166 e. The number of hydrogen-bond acceptors (Lipinski definition) is 6. The molecule has 0 saturated heterocycles. The van der Waals surface area contributed by atoms with Crippen molar-refractivity contribution in [2.75, 3.05) is 5.73 Å². The van der Waals surface area contributed by atoms with E-state index < -0.39 is 0 Å². The predicted molar refractivity (Wildman–Crippen MR) is 80.8 cm³/mol. The summed E-state index contributed by atoms with van der Waals surface area (Å²) in [6.07, 6.45) is 2.90. The van der Waals surface area contributed by atoms with Gasteiger partial charge in [0, 0.05) is 16.8 Å². The number of hydrazine groups is 1. The highest BCUT2D eigenvalue weighted by Gasteiger charge is 2.14. The molecule has 1 rings (SSSR count). The zero-order valence-electron chi connectivity index (χ0n) is 11.2. The summed E-state index contributed by atoms with van der Waals surface area (Å²) in [7, 11) is 0. The van der Waals surface area contributed by atoms with E-state index in [9.17, 15) is 0 Å². The standard InChI is InChI=1S/C13H18N6O/c1-3-11(20-4-2)12(15)9-7-8(5-6-10(9)14)13(18-16)19-17/h3-7,15H,2,14,16-17H2,1H3,(H,18,19)/b11-3-,15-12?. The van der Waals surface area contributed by atoms with Crippen LogP contribution in [0.3, 0.4) is 0 Å². The lowest BCUT2D eigenvalue weighted by molar-refractivity contribution is 0.378. The van der Waals surface area contributed by atoms with Gasteiger partial charge in [-0.05, 0) is 31.2 Å². The molecule has 0 fully saturated rings. The van der Waals surface area contributed by atoms with E-state index >= 15 is 0 Å². The van der Waals surface area contributed by atoms with E-state index in [-0.39, 0.29) is 11.5 Å². The van der Waals surface area contributed by atoms with Gasteiger partial charge in [0.15, 0.2) is 5.84 Å². The SMILES string of the molecule is C=CO/C(=C\C)C(=N)c1cc(/C(=N/N)NN)ccc1N. The summed E-state index contributed by atoms with van der Waals surface area (Å²) in [5.74, 6) is 11.2. The number of nitrogens with zero attached hydrogens (tertiary/aromatic N) is 1. The van der Waals surface area contributed by atoms with Gasteiger partial charge < -0.3 is 21.7 Å². The number of nitrogens with two attached hydrogens (primary N) is 3. The maximum atomic E-state index is 8.14. The molecule has 8 N–H and O–H groups in total. The molecule has 0 aliphatic heterocycles. The molecule has 0 aliphatic carbocycles. The van der Waals surface area contributed by atoms with Crippen molar-refractivity contribution in [3.8, 4) is 0 Å². The third-order valence-corrected chi connectivity index (χ3v) is 2.58. The average Bonchev–Trinajstić information content (AvgIpc) is 2.47. The zero-order chi connectivity index (χ0) is 15.1. The molecule has 0 atom stereocenters. The number of amidine groups is 1.